The van der Waals surface area contributed by atoms with E-state index in [1.807, 2.05) is 0 Å². The van der Waals surface area contributed by atoms with Crippen LogP contribution in [0, 0.1) is 0 Å². The molecule has 0 N–H and O–H groups in total. The number of hydrogen-bond acceptors (Lipinski definition) is 2. The summed E-state index contributed by atoms with van der Waals surface area (Å²) >= 11 is 0. The first-order valence-electron chi connectivity index (χ1n) is 15.0. The Morgan fingerprint density at radius 1 is 0.469 bits per heavy atom. The minimum atomic E-state index is 0.622. The summed E-state index contributed by atoms with van der Waals surface area (Å²) in [6.45, 7) is 5.86. The zero-order valence-corrected chi connectivity index (χ0v) is 22.6. The molecule has 0 aromatic heterocycles. The summed E-state index contributed by atoms with van der Waals surface area (Å²) in [5.41, 5.74) is 0. The molecule has 0 amide bonds. The molecule has 0 bridgehead atoms. The predicted octanol–water partition coefficient (Wildman–Crippen LogP) is 10.0. The summed E-state index contributed by atoms with van der Waals surface area (Å²) in [6.07, 6.45) is 38.2. The maximum Gasteiger partial charge on any atom is 0.100 e. The second kappa shape index (κ2) is 22.1. The van der Waals surface area contributed by atoms with Crippen molar-refractivity contribution >= 4 is 0 Å². The van der Waals surface area contributed by atoms with E-state index in [1.54, 1.807) is 0 Å². The van der Waals surface area contributed by atoms with Crippen LogP contribution in [-0.2, 0) is 0 Å². The average Bonchev–Trinajstić information content (AvgIpc) is 3.15. The number of rotatable bonds is 24. The van der Waals surface area contributed by atoms with E-state index in [4.69, 9.17) is 0 Å². The smallest absolute Gasteiger partial charge is 0.100 e. The summed E-state index contributed by atoms with van der Waals surface area (Å²) in [5.74, 6) is 0. The lowest BCUT2D eigenvalue weighted by atomic mass is 10.0. The second-order valence-electron chi connectivity index (χ2n) is 10.5. The molecule has 0 aromatic rings. The Balaban J connectivity index is 1.89. The predicted molar refractivity (Wildman–Crippen MR) is 145 cm³/mol. The van der Waals surface area contributed by atoms with E-state index in [0.717, 1.165) is 0 Å². The van der Waals surface area contributed by atoms with Crippen LogP contribution in [-0.4, -0.2) is 29.6 Å². The van der Waals surface area contributed by atoms with Crippen molar-refractivity contribution < 1.29 is 0 Å². The molecular weight excluding hydrogens is 388 g/mol. The minimum Gasteiger partial charge on any atom is -0.359 e. The monoisotopic (exact) mass is 448 g/mol. The van der Waals surface area contributed by atoms with Gasteiger partial charge in [0.2, 0.25) is 0 Å². The van der Waals surface area contributed by atoms with Gasteiger partial charge < -0.3 is 9.80 Å². The minimum absolute atomic E-state index is 0.622. The molecule has 0 radical (unpaired) electrons. The van der Waals surface area contributed by atoms with Gasteiger partial charge in [-0.3, -0.25) is 0 Å². The second-order valence-corrected chi connectivity index (χ2v) is 10.5. The van der Waals surface area contributed by atoms with Crippen LogP contribution in [0.1, 0.15) is 162 Å². The molecule has 1 aliphatic heterocycles. The molecule has 0 aromatic carbocycles. The van der Waals surface area contributed by atoms with Crippen LogP contribution >= 0.6 is 0 Å². The Kier molecular flexibility index (Phi) is 20.3. The fourth-order valence-electron chi connectivity index (χ4n) is 5.17. The highest BCUT2D eigenvalue weighted by Crippen LogP contribution is 2.21. The first-order chi connectivity index (χ1) is 15.8. The maximum atomic E-state index is 2.61. The third-order valence-electron chi connectivity index (χ3n) is 7.43. The van der Waals surface area contributed by atoms with Crippen LogP contribution in [0.2, 0.25) is 0 Å². The lowest BCUT2D eigenvalue weighted by Crippen LogP contribution is -2.37. The van der Waals surface area contributed by atoms with Crippen LogP contribution < -0.4 is 0 Å². The SMILES string of the molecule is CCCCCCCCCCCCCCCCCN1C=CN(C)C1CCCCCCCCC. The summed E-state index contributed by atoms with van der Waals surface area (Å²) in [5, 5.41) is 0. The number of unbranched alkanes of at least 4 members (excludes halogenated alkanes) is 20. The largest absolute Gasteiger partial charge is 0.359 e. The zero-order chi connectivity index (χ0) is 23.1. The molecule has 2 heteroatoms. The van der Waals surface area contributed by atoms with Gasteiger partial charge >= 0.3 is 0 Å². The van der Waals surface area contributed by atoms with Gasteiger partial charge in [0, 0.05) is 26.0 Å². The highest BCUT2D eigenvalue weighted by atomic mass is 15.4. The molecule has 1 heterocycles. The summed E-state index contributed by atoms with van der Waals surface area (Å²) in [7, 11) is 2.26. The Morgan fingerprint density at radius 2 is 0.844 bits per heavy atom. The van der Waals surface area contributed by atoms with E-state index < -0.39 is 0 Å². The van der Waals surface area contributed by atoms with Crippen LogP contribution in [0.3, 0.4) is 0 Å². The molecule has 1 unspecified atom stereocenters. The van der Waals surface area contributed by atoms with E-state index in [1.165, 1.54) is 154 Å². The number of nitrogens with zero attached hydrogens (tertiary/aromatic N) is 2. The topological polar surface area (TPSA) is 6.48 Å². The molecule has 0 spiro atoms. The van der Waals surface area contributed by atoms with E-state index >= 15 is 0 Å². The third kappa shape index (κ3) is 16.0. The van der Waals surface area contributed by atoms with Gasteiger partial charge in [0.15, 0.2) is 0 Å². The highest BCUT2D eigenvalue weighted by Gasteiger charge is 2.22. The fraction of sp³-hybridized carbons (Fsp3) is 0.933. The van der Waals surface area contributed by atoms with Crippen molar-refractivity contribution in [1.82, 2.24) is 9.80 Å². The third-order valence-corrected chi connectivity index (χ3v) is 7.43. The zero-order valence-electron chi connectivity index (χ0n) is 22.6. The summed E-state index contributed by atoms with van der Waals surface area (Å²) in [4.78, 5) is 5.04. The Morgan fingerprint density at radius 3 is 1.28 bits per heavy atom. The molecule has 190 valence electrons. The van der Waals surface area contributed by atoms with Crippen molar-refractivity contribution in [3.05, 3.63) is 12.4 Å². The van der Waals surface area contributed by atoms with Crippen molar-refractivity contribution in [2.24, 2.45) is 0 Å². The lowest BCUT2D eigenvalue weighted by Gasteiger charge is -2.30. The van der Waals surface area contributed by atoms with Gasteiger partial charge in [0.25, 0.3) is 0 Å². The quantitative estimate of drug-likeness (QED) is 0.135. The normalized spacial score (nSPS) is 15.9. The first kappa shape index (κ1) is 29.4. The Labute approximate surface area is 203 Å². The first-order valence-corrected chi connectivity index (χ1v) is 15.0. The van der Waals surface area contributed by atoms with Gasteiger partial charge in [-0.05, 0) is 19.3 Å². The van der Waals surface area contributed by atoms with Crippen LogP contribution in [0.4, 0.5) is 0 Å². The van der Waals surface area contributed by atoms with Gasteiger partial charge in [-0.25, -0.2) is 0 Å². The van der Waals surface area contributed by atoms with Gasteiger partial charge in [-0.15, -0.1) is 0 Å². The van der Waals surface area contributed by atoms with Gasteiger partial charge in [-0.2, -0.15) is 0 Å². The average molecular weight is 449 g/mol. The van der Waals surface area contributed by atoms with Gasteiger partial charge in [0.1, 0.15) is 6.17 Å². The van der Waals surface area contributed by atoms with E-state index in [2.05, 4.69) is 43.1 Å². The van der Waals surface area contributed by atoms with Crippen LogP contribution in [0.5, 0.6) is 0 Å². The molecule has 1 aliphatic rings. The van der Waals surface area contributed by atoms with Crippen molar-refractivity contribution in [3.63, 3.8) is 0 Å². The molecule has 0 aliphatic carbocycles. The molecule has 0 saturated carbocycles. The molecule has 1 atom stereocenters. The van der Waals surface area contributed by atoms with E-state index in [0.29, 0.717) is 6.17 Å². The Bertz CT molecular complexity index is 406. The molecular formula is C30H60N2. The van der Waals surface area contributed by atoms with Crippen molar-refractivity contribution in [1.29, 1.82) is 0 Å². The van der Waals surface area contributed by atoms with Crippen molar-refractivity contribution in [2.75, 3.05) is 13.6 Å². The highest BCUT2D eigenvalue weighted by molar-refractivity contribution is 4.95. The molecule has 1 rings (SSSR count). The summed E-state index contributed by atoms with van der Waals surface area (Å²) < 4.78 is 0. The lowest BCUT2D eigenvalue weighted by molar-refractivity contribution is 0.159. The summed E-state index contributed by atoms with van der Waals surface area (Å²) in [6, 6.07) is 0. The van der Waals surface area contributed by atoms with Crippen LogP contribution in [0.25, 0.3) is 0 Å². The molecule has 0 saturated heterocycles. The molecule has 0 fully saturated rings. The van der Waals surface area contributed by atoms with Gasteiger partial charge in [-0.1, -0.05) is 142 Å². The van der Waals surface area contributed by atoms with Crippen LogP contribution in [0.15, 0.2) is 12.4 Å². The maximum absolute atomic E-state index is 2.61. The fourth-order valence-corrected chi connectivity index (χ4v) is 5.17. The Hall–Kier alpha value is -0.660. The standard InChI is InChI=1S/C30H60N2/c1-4-6-8-10-12-13-14-15-16-17-18-19-21-23-25-27-32-29-28-31(3)30(32)26-24-22-20-11-9-7-5-2/h28-30H,4-27H2,1-3H3. The van der Waals surface area contributed by atoms with Gasteiger partial charge in [0.05, 0.1) is 0 Å². The van der Waals surface area contributed by atoms with Crippen molar-refractivity contribution in [3.8, 4) is 0 Å². The van der Waals surface area contributed by atoms with E-state index in [-0.39, 0.29) is 0 Å². The van der Waals surface area contributed by atoms with Crippen molar-refractivity contribution in [2.45, 2.75) is 168 Å². The molecule has 32 heavy (non-hydrogen) atoms. The molecule has 2 nitrogen and oxygen atoms in total. The van der Waals surface area contributed by atoms with E-state index in [9.17, 15) is 0 Å². The number of hydrogen-bond donors (Lipinski definition) is 0.